The van der Waals surface area contributed by atoms with E-state index in [1.165, 1.54) is 23.1 Å². The lowest BCUT2D eigenvalue weighted by molar-refractivity contribution is -0.113. The van der Waals surface area contributed by atoms with Crippen LogP contribution in [0.15, 0.2) is 46.9 Å². The van der Waals surface area contributed by atoms with Crippen LogP contribution in [0.3, 0.4) is 0 Å². The molecule has 35 heavy (non-hydrogen) atoms. The highest BCUT2D eigenvalue weighted by Gasteiger charge is 2.19. The summed E-state index contributed by atoms with van der Waals surface area (Å²) in [6.07, 6.45) is 0. The minimum absolute atomic E-state index is 0.0754. The number of rotatable bonds is 9. The van der Waals surface area contributed by atoms with Gasteiger partial charge in [0.05, 0.1) is 30.4 Å². The number of carbonyl (C=O) groups excluding carboxylic acids is 3. The summed E-state index contributed by atoms with van der Waals surface area (Å²) in [7, 11) is 0. The molecular weight excluding hydrogens is 488 g/mol. The highest BCUT2D eigenvalue weighted by atomic mass is 32.2. The van der Waals surface area contributed by atoms with Crippen LogP contribution in [0.5, 0.6) is 0 Å². The maximum absolute atomic E-state index is 12.7. The molecule has 3 aromatic rings. The number of anilines is 1. The van der Waals surface area contributed by atoms with E-state index in [9.17, 15) is 14.4 Å². The minimum Gasteiger partial charge on any atom is -0.378 e. The molecule has 1 aliphatic rings. The molecule has 1 saturated heterocycles. The largest absolute Gasteiger partial charge is 0.378 e. The van der Waals surface area contributed by atoms with Gasteiger partial charge in [0.2, 0.25) is 5.91 Å². The molecule has 4 rings (SSSR count). The Kier molecular flexibility index (Phi) is 8.50. The molecule has 0 atom stereocenters. The van der Waals surface area contributed by atoms with Crippen LogP contribution in [0.2, 0.25) is 0 Å². The molecule has 2 aromatic heterocycles. The molecule has 1 aromatic carbocycles. The van der Waals surface area contributed by atoms with E-state index in [-0.39, 0.29) is 30.0 Å². The zero-order valence-electron chi connectivity index (χ0n) is 19.2. The van der Waals surface area contributed by atoms with Crippen LogP contribution in [-0.4, -0.2) is 69.4 Å². The Bertz CT molecular complexity index is 1170. The molecule has 1 aliphatic heterocycles. The predicted octanol–water partition coefficient (Wildman–Crippen LogP) is 2.49. The van der Waals surface area contributed by atoms with Crippen molar-refractivity contribution in [3.05, 3.63) is 58.0 Å². The van der Waals surface area contributed by atoms with Gasteiger partial charge in [-0.15, -0.1) is 21.5 Å². The summed E-state index contributed by atoms with van der Waals surface area (Å²) in [6.45, 7) is 4.99. The molecule has 3 amide bonds. The van der Waals surface area contributed by atoms with Crippen molar-refractivity contribution in [1.82, 2.24) is 25.0 Å². The van der Waals surface area contributed by atoms with E-state index >= 15 is 0 Å². The number of benzene rings is 1. The van der Waals surface area contributed by atoms with Crippen molar-refractivity contribution in [3.8, 4) is 0 Å². The number of hydrogen-bond acceptors (Lipinski definition) is 8. The lowest BCUT2D eigenvalue weighted by Crippen LogP contribution is -2.40. The van der Waals surface area contributed by atoms with Gasteiger partial charge in [0.1, 0.15) is 0 Å². The Hall–Kier alpha value is -3.22. The van der Waals surface area contributed by atoms with Crippen molar-refractivity contribution in [2.24, 2.45) is 0 Å². The third kappa shape index (κ3) is 6.47. The van der Waals surface area contributed by atoms with Gasteiger partial charge in [-0.2, -0.15) is 0 Å². The third-order valence-corrected chi connectivity index (χ3v) is 7.12. The third-order valence-electron chi connectivity index (χ3n) is 5.29. The van der Waals surface area contributed by atoms with Crippen molar-refractivity contribution in [2.75, 3.05) is 37.4 Å². The first kappa shape index (κ1) is 24.9. The normalized spacial score (nSPS) is 13.5. The monoisotopic (exact) mass is 514 g/mol. The lowest BCUT2D eigenvalue weighted by atomic mass is 10.1. The molecule has 0 radical (unpaired) electrons. The van der Waals surface area contributed by atoms with E-state index in [2.05, 4.69) is 20.8 Å². The van der Waals surface area contributed by atoms with Gasteiger partial charge in [0.25, 0.3) is 11.8 Å². The number of ether oxygens (including phenoxy) is 1. The van der Waals surface area contributed by atoms with Gasteiger partial charge in [0, 0.05) is 30.9 Å². The van der Waals surface area contributed by atoms with E-state index in [0.717, 1.165) is 0 Å². The van der Waals surface area contributed by atoms with Crippen LogP contribution in [-0.2, 0) is 22.6 Å². The fourth-order valence-corrected chi connectivity index (χ4v) is 5.00. The maximum Gasteiger partial charge on any atom is 0.261 e. The molecular formula is C23H26N6O4S2. The van der Waals surface area contributed by atoms with Crippen LogP contribution < -0.4 is 10.6 Å². The first-order valence-electron chi connectivity index (χ1n) is 11.2. The Morgan fingerprint density at radius 3 is 2.71 bits per heavy atom. The topological polar surface area (TPSA) is 118 Å². The van der Waals surface area contributed by atoms with Crippen molar-refractivity contribution in [2.45, 2.75) is 25.2 Å². The van der Waals surface area contributed by atoms with Gasteiger partial charge in [-0.3, -0.25) is 14.4 Å². The zero-order chi connectivity index (χ0) is 24.6. The molecule has 2 N–H and O–H groups in total. The highest BCUT2D eigenvalue weighted by Crippen LogP contribution is 2.19. The Morgan fingerprint density at radius 2 is 1.97 bits per heavy atom. The smallest absolute Gasteiger partial charge is 0.261 e. The van der Waals surface area contributed by atoms with Gasteiger partial charge >= 0.3 is 0 Å². The number of hydrogen-bond donors (Lipinski definition) is 2. The molecule has 10 nitrogen and oxygen atoms in total. The Labute approximate surface area is 211 Å². The van der Waals surface area contributed by atoms with Crippen LogP contribution in [0.1, 0.15) is 32.8 Å². The van der Waals surface area contributed by atoms with Crippen molar-refractivity contribution >= 4 is 46.5 Å². The fourth-order valence-electron chi connectivity index (χ4n) is 3.53. The average molecular weight is 515 g/mol. The number of aromatic nitrogens is 3. The van der Waals surface area contributed by atoms with E-state index in [1.807, 2.05) is 22.9 Å². The van der Waals surface area contributed by atoms with Gasteiger partial charge in [0.15, 0.2) is 11.0 Å². The molecule has 12 heteroatoms. The average Bonchev–Trinajstić information content (AvgIpc) is 3.56. The SMILES string of the molecule is CCn1c(CNC(=O)c2cccs2)nnc1SCC(=O)Nc1cccc(C(=O)N2CCOCC2)c1. The molecule has 0 aliphatic carbocycles. The summed E-state index contributed by atoms with van der Waals surface area (Å²) in [4.78, 5) is 39.8. The van der Waals surface area contributed by atoms with Crippen molar-refractivity contribution in [3.63, 3.8) is 0 Å². The standard InChI is InChI=1S/C23H26N6O4S2/c1-2-29-19(14-24-21(31)18-7-4-12-34-18)26-27-23(29)35-15-20(30)25-17-6-3-5-16(13-17)22(32)28-8-10-33-11-9-28/h3-7,12-13H,2,8-11,14-15H2,1H3,(H,24,31)(H,25,30). The Balaban J connectivity index is 1.31. The number of thiophene rings is 1. The zero-order valence-corrected chi connectivity index (χ0v) is 20.9. The van der Waals surface area contributed by atoms with E-state index in [4.69, 9.17) is 4.74 Å². The Morgan fingerprint density at radius 1 is 1.14 bits per heavy atom. The van der Waals surface area contributed by atoms with Crippen LogP contribution in [0.25, 0.3) is 0 Å². The first-order valence-corrected chi connectivity index (χ1v) is 13.0. The van der Waals surface area contributed by atoms with Gasteiger partial charge in [-0.05, 0) is 36.6 Å². The molecule has 3 heterocycles. The highest BCUT2D eigenvalue weighted by molar-refractivity contribution is 7.99. The van der Waals surface area contributed by atoms with Gasteiger partial charge < -0.3 is 24.8 Å². The first-order chi connectivity index (χ1) is 17.0. The molecule has 184 valence electrons. The summed E-state index contributed by atoms with van der Waals surface area (Å²) in [5, 5.41) is 16.5. The van der Waals surface area contributed by atoms with Gasteiger partial charge in [-0.1, -0.05) is 23.9 Å². The summed E-state index contributed by atoms with van der Waals surface area (Å²) in [5.41, 5.74) is 1.08. The van der Waals surface area contributed by atoms with Crippen molar-refractivity contribution < 1.29 is 19.1 Å². The van der Waals surface area contributed by atoms with Gasteiger partial charge in [-0.25, -0.2) is 0 Å². The molecule has 0 spiro atoms. The molecule has 0 saturated carbocycles. The number of amides is 3. The summed E-state index contributed by atoms with van der Waals surface area (Å²) in [5.74, 6) is 0.294. The van der Waals surface area contributed by atoms with E-state index in [1.54, 1.807) is 35.2 Å². The van der Waals surface area contributed by atoms with E-state index in [0.29, 0.717) is 60.0 Å². The number of nitrogens with one attached hydrogen (secondary N) is 2. The molecule has 1 fully saturated rings. The lowest BCUT2D eigenvalue weighted by Gasteiger charge is -2.27. The van der Waals surface area contributed by atoms with Crippen LogP contribution in [0.4, 0.5) is 5.69 Å². The van der Waals surface area contributed by atoms with Crippen molar-refractivity contribution in [1.29, 1.82) is 0 Å². The minimum atomic E-state index is -0.218. The predicted molar refractivity (Wildman–Crippen MR) is 134 cm³/mol. The molecule has 0 unspecified atom stereocenters. The number of morpholine rings is 1. The quantitative estimate of drug-likeness (QED) is 0.421. The summed E-state index contributed by atoms with van der Waals surface area (Å²) in [6, 6.07) is 10.5. The fraction of sp³-hybridized carbons (Fsp3) is 0.348. The second-order valence-electron chi connectivity index (χ2n) is 7.63. The second-order valence-corrected chi connectivity index (χ2v) is 9.52. The number of thioether (sulfide) groups is 1. The summed E-state index contributed by atoms with van der Waals surface area (Å²) >= 11 is 2.64. The number of nitrogens with zero attached hydrogens (tertiary/aromatic N) is 4. The molecule has 0 bridgehead atoms. The second kappa shape index (κ2) is 12.0. The van der Waals surface area contributed by atoms with Crippen LogP contribution in [0, 0.1) is 0 Å². The summed E-state index contributed by atoms with van der Waals surface area (Å²) < 4.78 is 7.17. The van der Waals surface area contributed by atoms with E-state index < -0.39 is 0 Å². The van der Waals surface area contributed by atoms with Crippen LogP contribution >= 0.6 is 23.1 Å². The maximum atomic E-state index is 12.7. The number of carbonyl (C=O) groups is 3.